The van der Waals surface area contributed by atoms with Crippen molar-refractivity contribution in [1.29, 1.82) is 0 Å². The highest BCUT2D eigenvalue weighted by Gasteiger charge is 2.44. The number of anilines is 1. The summed E-state index contributed by atoms with van der Waals surface area (Å²) in [7, 11) is -4.08. The van der Waals surface area contributed by atoms with E-state index < -0.39 is 33.5 Å². The average molecular weight is 518 g/mol. The van der Waals surface area contributed by atoms with Crippen molar-refractivity contribution in [1.82, 2.24) is 0 Å². The van der Waals surface area contributed by atoms with Gasteiger partial charge in [0.2, 0.25) is 0 Å². The molecule has 0 bridgehead atoms. The highest BCUT2D eigenvalue weighted by molar-refractivity contribution is 7.92. The summed E-state index contributed by atoms with van der Waals surface area (Å²) >= 11 is 0. The minimum absolute atomic E-state index is 0.0110. The third-order valence-electron chi connectivity index (χ3n) is 6.31. The predicted octanol–water partition coefficient (Wildman–Crippen LogP) is 4.67. The van der Waals surface area contributed by atoms with Gasteiger partial charge in [-0.25, -0.2) is 12.8 Å². The second-order valence-corrected chi connectivity index (χ2v) is 12.5. The molecule has 2 atom stereocenters. The molecule has 9 heteroatoms. The van der Waals surface area contributed by atoms with Gasteiger partial charge in [-0.15, -0.1) is 0 Å². The number of esters is 1. The Bertz CT molecular complexity index is 1250. The minimum atomic E-state index is -4.08. The molecular formula is C27H32FNO6S. The minimum Gasteiger partial charge on any atom is -0.486 e. The second-order valence-electron chi connectivity index (χ2n) is 10.6. The fourth-order valence-electron chi connectivity index (χ4n) is 4.62. The van der Waals surface area contributed by atoms with Crippen molar-refractivity contribution in [3.63, 3.8) is 0 Å². The molecule has 0 saturated heterocycles. The summed E-state index contributed by atoms with van der Waals surface area (Å²) in [6, 6.07) is 9.66. The van der Waals surface area contributed by atoms with E-state index in [9.17, 15) is 22.4 Å². The Labute approximate surface area is 211 Å². The number of hydrogen-bond acceptors (Lipinski definition) is 6. The van der Waals surface area contributed by atoms with E-state index in [-0.39, 0.29) is 29.6 Å². The van der Waals surface area contributed by atoms with Crippen LogP contribution in [0, 0.1) is 17.7 Å². The van der Waals surface area contributed by atoms with Gasteiger partial charge in [0.25, 0.3) is 10.0 Å². The second kappa shape index (κ2) is 9.84. The normalized spacial score (nSPS) is 18.7. The maximum atomic E-state index is 13.7. The Hall–Kier alpha value is -2.94. The first-order valence-corrected chi connectivity index (χ1v) is 13.6. The van der Waals surface area contributed by atoms with E-state index in [1.165, 1.54) is 23.4 Å². The monoisotopic (exact) mass is 517 g/mol. The zero-order valence-electron chi connectivity index (χ0n) is 21.0. The number of ketones is 1. The zero-order valence-corrected chi connectivity index (χ0v) is 21.8. The predicted molar refractivity (Wildman–Crippen MR) is 133 cm³/mol. The molecule has 0 aromatic heterocycles. The number of Topliss-reactive ketones (excluding diaryl/α,β-unsaturated/α-hetero) is 1. The molecule has 1 heterocycles. The fraction of sp³-hybridized carbons (Fsp3) is 0.481. The SMILES string of the molecule is CC(=O)C[C@@H](C1CC1)[C@H]1CN(S(=O)(=O)c2ccc(F)cc2)c2cc(CC(=O)OC(C)(C)C)ccc2O1. The lowest BCUT2D eigenvalue weighted by atomic mass is 9.90. The van der Waals surface area contributed by atoms with Crippen LogP contribution in [-0.2, 0) is 30.8 Å². The van der Waals surface area contributed by atoms with Crippen LogP contribution >= 0.6 is 0 Å². The van der Waals surface area contributed by atoms with Gasteiger partial charge >= 0.3 is 5.97 Å². The van der Waals surface area contributed by atoms with Crippen molar-refractivity contribution >= 4 is 27.5 Å². The van der Waals surface area contributed by atoms with Crippen molar-refractivity contribution in [2.24, 2.45) is 11.8 Å². The Balaban J connectivity index is 1.72. The lowest BCUT2D eigenvalue weighted by Crippen LogP contribution is -2.47. The molecule has 0 spiro atoms. The molecule has 2 aromatic rings. The van der Waals surface area contributed by atoms with Gasteiger partial charge in [-0.2, -0.15) is 0 Å². The van der Waals surface area contributed by atoms with Gasteiger partial charge in [0.1, 0.15) is 29.1 Å². The Kier molecular flexibility index (Phi) is 7.14. The van der Waals surface area contributed by atoms with Gasteiger partial charge in [-0.1, -0.05) is 6.07 Å². The summed E-state index contributed by atoms with van der Waals surface area (Å²) in [5.74, 6) is -0.379. The van der Waals surface area contributed by atoms with Crippen molar-refractivity contribution in [3.05, 3.63) is 53.8 Å². The third kappa shape index (κ3) is 6.06. The maximum absolute atomic E-state index is 13.7. The molecule has 1 fully saturated rings. The summed E-state index contributed by atoms with van der Waals surface area (Å²) in [5, 5.41) is 0. The summed E-state index contributed by atoms with van der Waals surface area (Å²) in [4.78, 5) is 24.3. The molecular weight excluding hydrogens is 485 g/mol. The lowest BCUT2D eigenvalue weighted by molar-refractivity contribution is -0.153. The number of sulfonamides is 1. The van der Waals surface area contributed by atoms with Crippen molar-refractivity contribution < 1.29 is 31.9 Å². The molecule has 7 nitrogen and oxygen atoms in total. The number of fused-ring (bicyclic) bond motifs is 1. The van der Waals surface area contributed by atoms with Gasteiger partial charge in [0.05, 0.1) is 23.5 Å². The molecule has 0 amide bonds. The standard InChI is InChI=1S/C27H32FNO6S/c1-17(30)13-22(19-6-7-19)25-16-29(36(32,33)21-10-8-20(28)9-11-21)23-14-18(5-12-24(23)34-25)15-26(31)35-27(2,3)4/h5,8-12,14,19,22,25H,6-7,13,15-16H2,1-4H3/t22-,25+/m0/s1. The van der Waals surface area contributed by atoms with Gasteiger partial charge < -0.3 is 14.3 Å². The number of carbonyl (C=O) groups is 2. The number of hydrogen-bond donors (Lipinski definition) is 0. The average Bonchev–Trinajstić information content (AvgIpc) is 3.61. The fourth-order valence-corrected chi connectivity index (χ4v) is 6.10. The molecule has 0 unspecified atom stereocenters. The van der Waals surface area contributed by atoms with E-state index in [1.807, 2.05) is 0 Å². The molecule has 4 rings (SSSR count). The quantitative estimate of drug-likeness (QED) is 0.473. The van der Waals surface area contributed by atoms with Crippen LogP contribution in [0.5, 0.6) is 5.75 Å². The van der Waals surface area contributed by atoms with Gasteiger partial charge in [0, 0.05) is 12.3 Å². The van der Waals surface area contributed by atoms with E-state index >= 15 is 0 Å². The van der Waals surface area contributed by atoms with Crippen LogP contribution in [0.4, 0.5) is 10.1 Å². The highest BCUT2D eigenvalue weighted by atomic mass is 32.2. The summed E-state index contributed by atoms with van der Waals surface area (Å²) in [5.41, 5.74) is 0.231. The number of rotatable bonds is 8. The summed E-state index contributed by atoms with van der Waals surface area (Å²) in [6.07, 6.45) is 1.72. The van der Waals surface area contributed by atoms with E-state index in [4.69, 9.17) is 9.47 Å². The third-order valence-corrected chi connectivity index (χ3v) is 8.11. The van der Waals surface area contributed by atoms with Gasteiger partial charge in [-0.05, 0) is 88.4 Å². The van der Waals surface area contributed by atoms with Gasteiger partial charge in [-0.3, -0.25) is 9.10 Å². The van der Waals surface area contributed by atoms with Crippen LogP contribution in [0.3, 0.4) is 0 Å². The largest absolute Gasteiger partial charge is 0.486 e. The van der Waals surface area contributed by atoms with E-state index in [0.29, 0.717) is 29.3 Å². The molecule has 194 valence electrons. The zero-order chi connectivity index (χ0) is 26.3. The number of ether oxygens (including phenoxy) is 2. The van der Waals surface area contributed by atoms with Crippen LogP contribution in [0.15, 0.2) is 47.4 Å². The number of benzene rings is 2. The Morgan fingerprint density at radius 3 is 2.39 bits per heavy atom. The molecule has 1 aliphatic carbocycles. The molecule has 1 aliphatic heterocycles. The van der Waals surface area contributed by atoms with Crippen LogP contribution < -0.4 is 9.04 Å². The Morgan fingerprint density at radius 1 is 1.14 bits per heavy atom. The number of carbonyl (C=O) groups excluding carboxylic acids is 2. The van der Waals surface area contributed by atoms with E-state index in [1.54, 1.807) is 39.0 Å². The molecule has 0 radical (unpaired) electrons. The van der Waals surface area contributed by atoms with Crippen LogP contribution in [0.1, 0.15) is 52.5 Å². The summed E-state index contributed by atoms with van der Waals surface area (Å²) < 4.78 is 54.0. The van der Waals surface area contributed by atoms with Crippen molar-refractivity contribution in [3.8, 4) is 5.75 Å². The van der Waals surface area contributed by atoms with E-state index in [2.05, 4.69) is 0 Å². The molecule has 2 aromatic carbocycles. The molecule has 2 aliphatic rings. The number of halogens is 1. The van der Waals surface area contributed by atoms with Gasteiger partial charge in [0.15, 0.2) is 0 Å². The molecule has 0 N–H and O–H groups in total. The summed E-state index contributed by atoms with van der Waals surface area (Å²) in [6.45, 7) is 6.87. The highest BCUT2D eigenvalue weighted by Crippen LogP contribution is 2.46. The lowest BCUT2D eigenvalue weighted by Gasteiger charge is -2.39. The van der Waals surface area contributed by atoms with Crippen molar-refractivity contribution in [2.75, 3.05) is 10.8 Å². The van der Waals surface area contributed by atoms with Crippen LogP contribution in [0.25, 0.3) is 0 Å². The molecule has 1 saturated carbocycles. The van der Waals surface area contributed by atoms with Crippen LogP contribution in [0.2, 0.25) is 0 Å². The smallest absolute Gasteiger partial charge is 0.310 e. The topological polar surface area (TPSA) is 90.0 Å². The maximum Gasteiger partial charge on any atom is 0.310 e. The first kappa shape index (κ1) is 26.1. The van der Waals surface area contributed by atoms with E-state index in [0.717, 1.165) is 25.0 Å². The first-order chi connectivity index (χ1) is 16.8. The van der Waals surface area contributed by atoms with Crippen molar-refractivity contribution in [2.45, 2.75) is 70.0 Å². The van der Waals surface area contributed by atoms with Crippen LogP contribution in [-0.4, -0.2) is 38.4 Å². The first-order valence-electron chi connectivity index (χ1n) is 12.1. The number of nitrogens with zero attached hydrogens (tertiary/aromatic N) is 1. The molecule has 36 heavy (non-hydrogen) atoms. The Morgan fingerprint density at radius 2 is 1.81 bits per heavy atom.